The fourth-order valence-electron chi connectivity index (χ4n) is 1.48. The molecule has 2 heteroatoms. The molecule has 1 saturated heterocycles. The summed E-state index contributed by atoms with van der Waals surface area (Å²) in [7, 11) is 0. The third-order valence-electron chi connectivity index (χ3n) is 2.44. The summed E-state index contributed by atoms with van der Waals surface area (Å²) in [6.45, 7) is 2.94. The van der Waals surface area contributed by atoms with Crippen molar-refractivity contribution in [2.45, 2.75) is 31.7 Å². The van der Waals surface area contributed by atoms with Crippen LogP contribution in [-0.4, -0.2) is 25.8 Å². The number of rotatable bonds is 4. The van der Waals surface area contributed by atoms with Crippen molar-refractivity contribution in [3.8, 4) is 0 Å². The molecule has 0 aromatic carbocycles. The number of hydrogen-bond acceptors (Lipinski definition) is 1. The van der Waals surface area contributed by atoms with Gasteiger partial charge in [0.15, 0.2) is 0 Å². The summed E-state index contributed by atoms with van der Waals surface area (Å²) in [5.41, 5.74) is 0. The Hall–Kier alpha value is -0.0800. The fraction of sp³-hybridized carbons (Fsp3) is 1.00. The van der Waals surface area contributed by atoms with Crippen LogP contribution in [0.25, 0.3) is 0 Å². The molecule has 1 aliphatic carbocycles. The summed E-state index contributed by atoms with van der Waals surface area (Å²) in [6, 6.07) is 0.536. The maximum absolute atomic E-state index is 5.55. The molecule has 2 nitrogen and oxygen atoms in total. The van der Waals surface area contributed by atoms with Crippen LogP contribution in [0, 0.1) is 5.92 Å². The van der Waals surface area contributed by atoms with Gasteiger partial charge in [-0.25, -0.2) is 5.32 Å². The van der Waals surface area contributed by atoms with Gasteiger partial charge in [-0.1, -0.05) is 0 Å². The van der Waals surface area contributed by atoms with Crippen molar-refractivity contribution in [3.63, 3.8) is 0 Å². The highest BCUT2D eigenvalue weighted by molar-refractivity contribution is 4.75. The van der Waals surface area contributed by atoms with E-state index >= 15 is 0 Å². The summed E-state index contributed by atoms with van der Waals surface area (Å²) < 4.78 is 5.55. The largest absolute Gasteiger partial charge is 0.379 e. The van der Waals surface area contributed by atoms with Crippen molar-refractivity contribution in [1.29, 1.82) is 0 Å². The minimum atomic E-state index is 0.536. The molecule has 0 spiro atoms. The van der Waals surface area contributed by atoms with Gasteiger partial charge in [0.2, 0.25) is 0 Å². The average Bonchev–Trinajstić information content (AvgIpc) is 2.66. The van der Waals surface area contributed by atoms with Crippen molar-refractivity contribution >= 4 is 0 Å². The van der Waals surface area contributed by atoms with Crippen LogP contribution in [0.3, 0.4) is 0 Å². The van der Waals surface area contributed by atoms with Gasteiger partial charge < -0.3 is 4.74 Å². The standard InChI is InChI=1S/C9H16NO/c1-2-9(10-5-1)7-11-6-8-3-4-8/h8-9H,1-7H2. The van der Waals surface area contributed by atoms with Gasteiger partial charge in [0.05, 0.1) is 6.61 Å². The number of hydrogen-bond donors (Lipinski definition) is 0. The zero-order chi connectivity index (χ0) is 7.52. The Morgan fingerprint density at radius 3 is 2.73 bits per heavy atom. The Bertz CT molecular complexity index is 117. The molecular weight excluding hydrogens is 138 g/mol. The molecule has 1 aliphatic heterocycles. The molecule has 1 heterocycles. The van der Waals surface area contributed by atoms with Crippen molar-refractivity contribution in [2.24, 2.45) is 5.92 Å². The van der Waals surface area contributed by atoms with Crippen molar-refractivity contribution in [1.82, 2.24) is 5.32 Å². The highest BCUT2D eigenvalue weighted by Gasteiger charge is 2.22. The summed E-state index contributed by atoms with van der Waals surface area (Å²) in [6.07, 6.45) is 5.31. The smallest absolute Gasteiger partial charge is 0.0636 e. The lowest BCUT2D eigenvalue weighted by molar-refractivity contribution is 0.106. The van der Waals surface area contributed by atoms with E-state index in [1.54, 1.807) is 0 Å². The van der Waals surface area contributed by atoms with E-state index in [0.29, 0.717) is 6.04 Å². The van der Waals surface area contributed by atoms with E-state index in [1.807, 2.05) is 0 Å². The van der Waals surface area contributed by atoms with Gasteiger partial charge in [0.25, 0.3) is 0 Å². The SMILES string of the molecule is C1C[N]C(COCC2CC2)C1. The van der Waals surface area contributed by atoms with Crippen LogP contribution in [0.15, 0.2) is 0 Å². The Balaban J connectivity index is 1.51. The highest BCUT2D eigenvalue weighted by Crippen LogP contribution is 2.28. The average molecular weight is 154 g/mol. The van der Waals surface area contributed by atoms with Gasteiger partial charge >= 0.3 is 0 Å². The molecule has 0 N–H and O–H groups in total. The van der Waals surface area contributed by atoms with Crippen LogP contribution in [0.1, 0.15) is 25.7 Å². The predicted molar refractivity (Wildman–Crippen MR) is 43.6 cm³/mol. The van der Waals surface area contributed by atoms with E-state index in [0.717, 1.165) is 25.7 Å². The summed E-state index contributed by atoms with van der Waals surface area (Å²) in [5.74, 6) is 0.899. The van der Waals surface area contributed by atoms with E-state index in [1.165, 1.54) is 25.7 Å². The van der Waals surface area contributed by atoms with Crippen molar-refractivity contribution < 1.29 is 4.74 Å². The molecule has 0 aromatic rings. The zero-order valence-electron chi connectivity index (χ0n) is 6.96. The van der Waals surface area contributed by atoms with Gasteiger partial charge in [-0.3, -0.25) is 0 Å². The Morgan fingerprint density at radius 1 is 1.18 bits per heavy atom. The van der Waals surface area contributed by atoms with E-state index in [9.17, 15) is 0 Å². The predicted octanol–water partition coefficient (Wildman–Crippen LogP) is 1.18. The topological polar surface area (TPSA) is 23.3 Å². The lowest BCUT2D eigenvalue weighted by Gasteiger charge is -2.08. The minimum absolute atomic E-state index is 0.536. The molecule has 1 unspecified atom stereocenters. The molecule has 1 atom stereocenters. The van der Waals surface area contributed by atoms with E-state index in [-0.39, 0.29) is 0 Å². The van der Waals surface area contributed by atoms with E-state index in [2.05, 4.69) is 5.32 Å². The third kappa shape index (κ3) is 2.46. The van der Waals surface area contributed by atoms with Gasteiger partial charge in [-0.05, 0) is 31.6 Å². The number of ether oxygens (including phenoxy) is 1. The van der Waals surface area contributed by atoms with Gasteiger partial charge in [-0.2, -0.15) is 0 Å². The Kier molecular flexibility index (Phi) is 2.44. The Morgan fingerprint density at radius 2 is 2.09 bits per heavy atom. The van der Waals surface area contributed by atoms with Gasteiger partial charge in [-0.15, -0.1) is 0 Å². The highest BCUT2D eigenvalue weighted by atomic mass is 16.5. The monoisotopic (exact) mass is 154 g/mol. The van der Waals surface area contributed by atoms with Gasteiger partial charge in [0, 0.05) is 19.2 Å². The maximum Gasteiger partial charge on any atom is 0.0636 e. The van der Waals surface area contributed by atoms with E-state index in [4.69, 9.17) is 4.74 Å². The molecule has 2 fully saturated rings. The molecule has 0 amide bonds. The van der Waals surface area contributed by atoms with Crippen molar-refractivity contribution in [2.75, 3.05) is 19.8 Å². The second kappa shape index (κ2) is 3.55. The van der Waals surface area contributed by atoms with Gasteiger partial charge in [0.1, 0.15) is 0 Å². The lowest BCUT2D eigenvalue weighted by atomic mass is 10.2. The molecule has 2 aliphatic rings. The zero-order valence-corrected chi connectivity index (χ0v) is 6.96. The molecule has 2 rings (SSSR count). The lowest BCUT2D eigenvalue weighted by Crippen LogP contribution is -2.21. The van der Waals surface area contributed by atoms with Crippen LogP contribution in [0.2, 0.25) is 0 Å². The van der Waals surface area contributed by atoms with Crippen LogP contribution < -0.4 is 5.32 Å². The Labute approximate surface area is 68.3 Å². The van der Waals surface area contributed by atoms with Crippen LogP contribution in [-0.2, 0) is 4.74 Å². The first-order valence-corrected chi connectivity index (χ1v) is 4.69. The third-order valence-corrected chi connectivity index (χ3v) is 2.44. The maximum atomic E-state index is 5.55. The first-order chi connectivity index (χ1) is 5.45. The molecule has 11 heavy (non-hydrogen) atoms. The quantitative estimate of drug-likeness (QED) is 0.596. The first kappa shape index (κ1) is 7.56. The molecule has 0 bridgehead atoms. The first-order valence-electron chi connectivity index (χ1n) is 4.69. The molecule has 63 valence electrons. The second-order valence-electron chi connectivity index (χ2n) is 3.68. The summed E-state index contributed by atoms with van der Waals surface area (Å²) >= 11 is 0. The van der Waals surface area contributed by atoms with Crippen molar-refractivity contribution in [3.05, 3.63) is 0 Å². The second-order valence-corrected chi connectivity index (χ2v) is 3.68. The minimum Gasteiger partial charge on any atom is -0.379 e. The molecule has 0 aromatic heterocycles. The van der Waals surface area contributed by atoms with Crippen LogP contribution in [0.4, 0.5) is 0 Å². The number of nitrogens with zero attached hydrogens (tertiary/aromatic N) is 1. The van der Waals surface area contributed by atoms with Crippen LogP contribution in [0.5, 0.6) is 0 Å². The van der Waals surface area contributed by atoms with Crippen LogP contribution >= 0.6 is 0 Å². The summed E-state index contributed by atoms with van der Waals surface area (Å²) in [4.78, 5) is 0. The fourth-order valence-corrected chi connectivity index (χ4v) is 1.48. The van der Waals surface area contributed by atoms with E-state index < -0.39 is 0 Å². The summed E-state index contributed by atoms with van der Waals surface area (Å²) in [5, 5.41) is 4.43. The normalized spacial score (nSPS) is 31.1. The molecule has 1 saturated carbocycles. The molecular formula is C9H16NO. The molecule has 1 radical (unpaired) electrons.